The van der Waals surface area contributed by atoms with Crippen LogP contribution in [0.3, 0.4) is 0 Å². The third-order valence-corrected chi connectivity index (χ3v) is 18.1. The van der Waals surface area contributed by atoms with Crippen molar-refractivity contribution in [3.8, 4) is 29.7 Å². The van der Waals surface area contributed by atoms with Crippen molar-refractivity contribution in [2.45, 2.75) is 147 Å². The first kappa shape index (κ1) is 72.0. The van der Waals surface area contributed by atoms with Crippen LogP contribution in [0.4, 0.5) is 0 Å². The fourth-order valence-corrected chi connectivity index (χ4v) is 12.0. The molecule has 32 heteroatoms. The van der Waals surface area contributed by atoms with Crippen molar-refractivity contribution in [2.24, 2.45) is 11.8 Å². The second kappa shape index (κ2) is 36.7. The van der Waals surface area contributed by atoms with Gasteiger partial charge in [-0.25, -0.2) is 74.8 Å². The average Bonchev–Trinajstić information content (AvgIpc) is 1.62. The van der Waals surface area contributed by atoms with Crippen LogP contribution in [0.1, 0.15) is 169 Å². The Hall–Kier alpha value is -10.8. The molecule has 0 radical (unpaired) electrons. The fourth-order valence-electron chi connectivity index (χ4n) is 12.0. The Morgan fingerprint density at radius 2 is 0.718 bits per heavy atom. The van der Waals surface area contributed by atoms with Crippen molar-refractivity contribution in [2.75, 3.05) is 32.8 Å². The van der Waals surface area contributed by atoms with Crippen LogP contribution >= 0.6 is 0 Å². The van der Waals surface area contributed by atoms with E-state index in [-0.39, 0.29) is 35.6 Å². The zero-order valence-electron chi connectivity index (χ0n) is 58.7. The van der Waals surface area contributed by atoms with Gasteiger partial charge in [0.25, 0.3) is 29.7 Å². The van der Waals surface area contributed by atoms with Gasteiger partial charge in [-0.05, 0) is 159 Å². The number of pyridine rings is 1. The normalized spacial score (nSPS) is 16.2. The highest BCUT2D eigenvalue weighted by Crippen LogP contribution is 2.48. The molecule has 12 heterocycles. The molecule has 4 fully saturated rings. The zero-order chi connectivity index (χ0) is 70.8. The molecular formula is C71H89N31O. The van der Waals surface area contributed by atoms with Crippen LogP contribution in [0, 0.1) is 11.8 Å². The predicted octanol–water partition coefficient (Wildman–Crippen LogP) is 7.65. The maximum Gasteiger partial charge on any atom is 0.252 e. The highest BCUT2D eigenvalue weighted by molar-refractivity contribution is 5.32. The number of ether oxygens (including phenoxy) is 1. The lowest BCUT2D eigenvalue weighted by molar-refractivity contribution is 0.0655. The second-order valence-corrected chi connectivity index (χ2v) is 25.7. The van der Waals surface area contributed by atoms with E-state index in [9.17, 15) is 0 Å². The molecule has 534 valence electrons. The maximum absolute atomic E-state index is 5.38. The molecule has 4 aliphatic rings. The van der Waals surface area contributed by atoms with Gasteiger partial charge in [-0.15, -0.1) is 0 Å². The molecule has 1 saturated heterocycles. The minimum Gasteiger partial charge on any atom is -0.381 e. The van der Waals surface area contributed by atoms with E-state index >= 15 is 0 Å². The molecule has 5 unspecified atom stereocenters. The maximum atomic E-state index is 5.38. The Bertz CT molecular complexity index is 4340. The van der Waals surface area contributed by atoms with E-state index in [1.807, 2.05) is 25.1 Å². The largest absolute Gasteiger partial charge is 0.381 e. The summed E-state index contributed by atoms with van der Waals surface area (Å²) in [4.78, 5) is 68.1. The van der Waals surface area contributed by atoms with Crippen LogP contribution in [0.5, 0.6) is 0 Å². The number of nitrogens with zero attached hydrogens (tertiary/aromatic N) is 26. The number of rotatable bonds is 25. The van der Waals surface area contributed by atoms with Crippen LogP contribution in [-0.2, 0) is 16.7 Å². The van der Waals surface area contributed by atoms with E-state index in [0.29, 0.717) is 48.2 Å². The second-order valence-electron chi connectivity index (χ2n) is 25.7. The summed E-state index contributed by atoms with van der Waals surface area (Å²) in [7, 11) is 0. The molecule has 5 atom stereocenters. The first-order valence-corrected chi connectivity index (χ1v) is 35.3. The van der Waals surface area contributed by atoms with Gasteiger partial charge >= 0.3 is 0 Å². The summed E-state index contributed by atoms with van der Waals surface area (Å²) in [5.74, 6) is 8.32. The third kappa shape index (κ3) is 20.3. The summed E-state index contributed by atoms with van der Waals surface area (Å²) in [6.07, 6.45) is 39.1. The summed E-state index contributed by atoms with van der Waals surface area (Å²) in [6.45, 7) is 15.7. The van der Waals surface area contributed by atoms with Crippen molar-refractivity contribution in [3.05, 3.63) is 219 Å². The Kier molecular flexibility index (Phi) is 25.7. The lowest BCUT2D eigenvalue weighted by atomic mass is 9.96. The van der Waals surface area contributed by atoms with Crippen LogP contribution in [-0.4, -0.2) is 168 Å². The van der Waals surface area contributed by atoms with E-state index in [4.69, 9.17) is 4.74 Å². The quantitative estimate of drug-likeness (QED) is 0.0367. The topological polar surface area (TPSA) is 365 Å². The minimum atomic E-state index is -0.00156. The molecule has 12 aromatic rings. The summed E-state index contributed by atoms with van der Waals surface area (Å²) >= 11 is 0. The molecule has 11 aromatic heterocycles. The summed E-state index contributed by atoms with van der Waals surface area (Å²) in [6, 6.07) is 26.6. The number of nitrogens with one attached hydrogen (secondary N) is 5. The molecule has 0 bridgehead atoms. The lowest BCUT2D eigenvalue weighted by Gasteiger charge is -2.24. The van der Waals surface area contributed by atoms with Gasteiger partial charge < -0.3 is 31.3 Å². The molecule has 16 rings (SSSR count). The van der Waals surface area contributed by atoms with Gasteiger partial charge in [0.15, 0.2) is 29.1 Å². The van der Waals surface area contributed by atoms with Gasteiger partial charge in [0.2, 0.25) is 0 Å². The Morgan fingerprint density at radius 3 is 1.09 bits per heavy atom. The molecular weight excluding hydrogens is 1300 g/mol. The Labute approximate surface area is 597 Å². The van der Waals surface area contributed by atoms with Crippen molar-refractivity contribution < 1.29 is 4.74 Å². The van der Waals surface area contributed by atoms with E-state index < -0.39 is 0 Å². The zero-order valence-corrected chi connectivity index (χ0v) is 58.7. The molecule has 3 saturated carbocycles. The summed E-state index contributed by atoms with van der Waals surface area (Å²) < 4.78 is 13.8. The van der Waals surface area contributed by atoms with Crippen molar-refractivity contribution in [3.63, 3.8) is 0 Å². The molecule has 1 aromatic carbocycles. The Balaban J connectivity index is 0.000000122. The molecule has 32 nitrogen and oxygen atoms in total. The van der Waals surface area contributed by atoms with Crippen molar-refractivity contribution in [1.29, 1.82) is 0 Å². The van der Waals surface area contributed by atoms with Crippen LogP contribution in [0.25, 0.3) is 29.7 Å². The van der Waals surface area contributed by atoms with E-state index in [1.54, 1.807) is 141 Å². The molecule has 0 amide bonds. The molecule has 1 aliphatic heterocycles. The van der Waals surface area contributed by atoms with Crippen LogP contribution in [0.15, 0.2) is 179 Å². The molecule has 103 heavy (non-hydrogen) atoms. The highest BCUT2D eigenvalue weighted by Gasteiger charge is 2.44. The first-order valence-electron chi connectivity index (χ1n) is 35.3. The predicted molar refractivity (Wildman–Crippen MR) is 381 cm³/mol. The smallest absolute Gasteiger partial charge is 0.252 e. The molecule has 5 N–H and O–H groups in total. The SMILES string of the molecule is CC(NC1CC1)c1ncnn1-c1ncccn1.CC(NCC1(c2ccccc2)CC1)c1ncnn1-c1ncccn1.CC(NCC1CCCC1)c1ncnn1-c1ncccn1.CC(NCC1CCOCC1)c1ncnn1-c1ncccn1.CC(NCc1ccccn1)c1ncnn1-c1ncccn1. The first-order chi connectivity index (χ1) is 50.7. The van der Waals surface area contributed by atoms with Gasteiger partial charge in [0, 0.05) is 106 Å². The van der Waals surface area contributed by atoms with Crippen LogP contribution < -0.4 is 26.6 Å². The van der Waals surface area contributed by atoms with E-state index in [0.717, 1.165) is 86.4 Å². The molecule has 0 spiro atoms. The number of aromatic nitrogens is 26. The Morgan fingerprint density at radius 1 is 0.369 bits per heavy atom. The summed E-state index contributed by atoms with van der Waals surface area (Å²) in [5, 5.41) is 38.6. The lowest BCUT2D eigenvalue weighted by Crippen LogP contribution is -2.31. The number of hydrogen-bond donors (Lipinski definition) is 5. The van der Waals surface area contributed by atoms with Gasteiger partial charge in [-0.2, -0.15) is 48.9 Å². The third-order valence-electron chi connectivity index (χ3n) is 18.1. The van der Waals surface area contributed by atoms with Gasteiger partial charge in [0.1, 0.15) is 31.6 Å². The summed E-state index contributed by atoms with van der Waals surface area (Å²) in [5.41, 5.74) is 2.66. The number of hydrogen-bond acceptors (Lipinski definition) is 27. The van der Waals surface area contributed by atoms with Crippen LogP contribution in [0.2, 0.25) is 0 Å². The van der Waals surface area contributed by atoms with Gasteiger partial charge in [-0.3, -0.25) is 4.98 Å². The highest BCUT2D eigenvalue weighted by atomic mass is 16.5. The van der Waals surface area contributed by atoms with Gasteiger partial charge in [0.05, 0.1) is 35.9 Å². The van der Waals surface area contributed by atoms with E-state index in [2.05, 4.69) is 190 Å². The number of benzene rings is 1. The molecule has 3 aliphatic carbocycles. The van der Waals surface area contributed by atoms with Crippen molar-refractivity contribution >= 4 is 0 Å². The monoisotopic (exact) mass is 1390 g/mol. The van der Waals surface area contributed by atoms with E-state index in [1.165, 1.54) is 69.6 Å². The minimum absolute atomic E-state index is 0.00156. The standard InChI is InChI=1S/C18H20N6.C14H15N7.C14H20N6O.C14H20N6.C11H14N6/c1-14(16-22-13-23-24(16)17-19-10-5-11-20-17)21-12-18(8-9-18)15-6-3-2-4-7-15;1-11(18-9-12-5-2-3-6-15-12)13-19-10-20-21(13)14-16-7-4-8-17-14;1-11(17-9-12-3-7-21-8-4-12)13-18-10-19-20(13)14-15-5-2-6-16-14;1-11(17-9-12-5-2-3-6-12)13-18-10-19-20(13)14-15-7-4-8-16-14;1-8(16-9-3-4-9)10-14-7-15-17(10)11-12-5-2-6-13-11/h2-7,10-11,13-14,21H,8-9,12H2,1H3;2-8,10-11,18H,9H2,1H3;2,5-6,10-12,17H,3-4,7-9H2,1H3;4,7-8,10-12,17H,2-3,5-6,9H2,1H3;2,5-9,16H,3-4H2,1H3. The average molecular weight is 1390 g/mol. The fraction of sp³-hybridized carbons (Fsp3) is 0.423. The van der Waals surface area contributed by atoms with Crippen molar-refractivity contribution in [1.82, 2.24) is 155 Å². The van der Waals surface area contributed by atoms with Gasteiger partial charge in [-0.1, -0.05) is 49.2 Å².